The molecule has 1 unspecified atom stereocenters. The normalized spacial score (nSPS) is 16.1. The molecule has 0 radical (unpaired) electrons. The van der Waals surface area contributed by atoms with Crippen molar-refractivity contribution in [3.63, 3.8) is 0 Å². The summed E-state index contributed by atoms with van der Waals surface area (Å²) in [4.78, 5) is 28.2. The number of aliphatic hydroxyl groups excluding tert-OH is 1. The summed E-state index contributed by atoms with van der Waals surface area (Å²) in [7, 11) is 0. The highest BCUT2D eigenvalue weighted by atomic mass is 16.3. The van der Waals surface area contributed by atoms with Gasteiger partial charge in [0.25, 0.3) is 11.5 Å². The van der Waals surface area contributed by atoms with Crippen LogP contribution in [0, 0.1) is 5.92 Å². The third-order valence-corrected chi connectivity index (χ3v) is 3.50. The van der Waals surface area contributed by atoms with Crippen molar-refractivity contribution >= 4 is 11.6 Å². The molecule has 6 heteroatoms. The minimum atomic E-state index is -0.532. The Labute approximate surface area is 115 Å². The predicted molar refractivity (Wildman–Crippen MR) is 72.5 cm³/mol. The molecule has 20 heavy (non-hydrogen) atoms. The van der Waals surface area contributed by atoms with Gasteiger partial charge in [0.15, 0.2) is 0 Å². The van der Waals surface area contributed by atoms with Crippen molar-refractivity contribution in [1.82, 2.24) is 14.7 Å². The average Bonchev–Trinajstić information content (AvgIpc) is 3.30. The molecular formula is C14H15N3O3. The zero-order valence-electron chi connectivity index (χ0n) is 10.8. The standard InChI is InChI=1S/C14H15N3O3/c18-11(9-4-5-9)8-16-13(19)10-7-15-12-3-1-2-6-17(12)14(10)20/h1-3,6-7,9,11,18H,4-5,8H2,(H,16,19). The Balaban J connectivity index is 1.80. The number of carbonyl (C=O) groups excluding carboxylic acids is 1. The molecule has 1 amide bonds. The van der Waals surface area contributed by atoms with Gasteiger partial charge >= 0.3 is 0 Å². The molecule has 2 N–H and O–H groups in total. The van der Waals surface area contributed by atoms with Gasteiger partial charge in [-0.15, -0.1) is 0 Å². The molecule has 1 saturated carbocycles. The van der Waals surface area contributed by atoms with Crippen molar-refractivity contribution in [1.29, 1.82) is 0 Å². The van der Waals surface area contributed by atoms with Gasteiger partial charge in [-0.2, -0.15) is 0 Å². The molecule has 2 aromatic heterocycles. The Morgan fingerprint density at radius 1 is 1.50 bits per heavy atom. The lowest BCUT2D eigenvalue weighted by Crippen LogP contribution is -2.36. The molecule has 104 valence electrons. The van der Waals surface area contributed by atoms with Crippen LogP contribution in [0.3, 0.4) is 0 Å². The van der Waals surface area contributed by atoms with Gasteiger partial charge in [-0.1, -0.05) is 6.07 Å². The Kier molecular flexibility index (Phi) is 3.23. The van der Waals surface area contributed by atoms with Gasteiger partial charge in [0.2, 0.25) is 0 Å². The number of rotatable bonds is 4. The molecule has 0 spiro atoms. The fourth-order valence-electron chi connectivity index (χ4n) is 2.12. The van der Waals surface area contributed by atoms with Crippen molar-refractivity contribution in [2.24, 2.45) is 5.92 Å². The fourth-order valence-corrected chi connectivity index (χ4v) is 2.12. The number of nitrogens with zero attached hydrogens (tertiary/aromatic N) is 2. The second kappa shape index (κ2) is 5.05. The van der Waals surface area contributed by atoms with Gasteiger partial charge in [-0.3, -0.25) is 14.0 Å². The first-order chi connectivity index (χ1) is 9.66. The van der Waals surface area contributed by atoms with E-state index in [0.717, 1.165) is 12.8 Å². The Morgan fingerprint density at radius 3 is 3.05 bits per heavy atom. The van der Waals surface area contributed by atoms with Crippen LogP contribution in [0.4, 0.5) is 0 Å². The number of hydrogen-bond acceptors (Lipinski definition) is 4. The number of aliphatic hydroxyl groups is 1. The molecule has 1 fully saturated rings. The van der Waals surface area contributed by atoms with Crippen LogP contribution in [0.15, 0.2) is 35.4 Å². The molecule has 1 aliphatic rings. The zero-order chi connectivity index (χ0) is 14.1. The number of pyridine rings is 1. The van der Waals surface area contributed by atoms with Gasteiger partial charge in [0, 0.05) is 18.9 Å². The summed E-state index contributed by atoms with van der Waals surface area (Å²) in [6.07, 6.45) is 4.31. The highest BCUT2D eigenvalue weighted by Crippen LogP contribution is 2.32. The fraction of sp³-hybridized carbons (Fsp3) is 0.357. The van der Waals surface area contributed by atoms with E-state index < -0.39 is 17.6 Å². The predicted octanol–water partition coefficient (Wildman–Crippen LogP) is 0.195. The molecule has 6 nitrogen and oxygen atoms in total. The number of carbonyl (C=O) groups is 1. The van der Waals surface area contributed by atoms with Crippen LogP contribution in [0.2, 0.25) is 0 Å². The summed E-state index contributed by atoms with van der Waals surface area (Å²) in [6.45, 7) is 0.167. The quantitative estimate of drug-likeness (QED) is 0.833. The maximum Gasteiger partial charge on any atom is 0.270 e. The Hall–Kier alpha value is -2.21. The third-order valence-electron chi connectivity index (χ3n) is 3.50. The van der Waals surface area contributed by atoms with Crippen molar-refractivity contribution in [3.05, 3.63) is 46.5 Å². The van der Waals surface area contributed by atoms with Crippen LogP contribution in [-0.2, 0) is 0 Å². The highest BCUT2D eigenvalue weighted by molar-refractivity contribution is 5.93. The lowest BCUT2D eigenvalue weighted by Gasteiger charge is -2.10. The van der Waals surface area contributed by atoms with Gasteiger partial charge < -0.3 is 10.4 Å². The third kappa shape index (κ3) is 2.42. The first-order valence-electron chi connectivity index (χ1n) is 6.59. The molecule has 1 aliphatic carbocycles. The molecule has 0 bridgehead atoms. The summed E-state index contributed by atoms with van der Waals surface area (Å²) in [6, 6.07) is 5.17. The molecule has 2 aromatic rings. The average molecular weight is 273 g/mol. The molecule has 0 aliphatic heterocycles. The first kappa shape index (κ1) is 12.8. The van der Waals surface area contributed by atoms with Crippen LogP contribution in [0.5, 0.6) is 0 Å². The van der Waals surface area contributed by atoms with Crippen LogP contribution >= 0.6 is 0 Å². The first-order valence-corrected chi connectivity index (χ1v) is 6.59. The summed E-state index contributed by atoms with van der Waals surface area (Å²) >= 11 is 0. The van der Waals surface area contributed by atoms with E-state index in [2.05, 4.69) is 10.3 Å². The van der Waals surface area contributed by atoms with Crippen LogP contribution in [-0.4, -0.2) is 33.0 Å². The maximum atomic E-state index is 12.2. The van der Waals surface area contributed by atoms with Crippen LogP contribution in [0.1, 0.15) is 23.2 Å². The summed E-state index contributed by atoms with van der Waals surface area (Å²) in [5, 5.41) is 12.3. The zero-order valence-corrected chi connectivity index (χ0v) is 10.8. The van der Waals surface area contributed by atoms with Crippen molar-refractivity contribution in [2.75, 3.05) is 6.54 Å². The number of nitrogens with one attached hydrogen (secondary N) is 1. The molecule has 3 rings (SSSR count). The van der Waals surface area contributed by atoms with E-state index in [1.165, 1.54) is 10.6 Å². The highest BCUT2D eigenvalue weighted by Gasteiger charge is 2.29. The van der Waals surface area contributed by atoms with Gasteiger partial charge in [-0.05, 0) is 30.9 Å². The largest absolute Gasteiger partial charge is 0.391 e. The molecular weight excluding hydrogens is 258 g/mol. The number of aromatic nitrogens is 2. The maximum absolute atomic E-state index is 12.2. The number of hydrogen-bond donors (Lipinski definition) is 2. The van der Waals surface area contributed by atoms with E-state index in [4.69, 9.17) is 0 Å². The number of amides is 1. The minimum absolute atomic E-state index is 0.0169. The van der Waals surface area contributed by atoms with Crippen molar-refractivity contribution in [3.8, 4) is 0 Å². The van der Waals surface area contributed by atoms with Crippen LogP contribution in [0.25, 0.3) is 5.65 Å². The monoisotopic (exact) mass is 273 g/mol. The molecule has 0 saturated heterocycles. The van der Waals surface area contributed by atoms with E-state index in [0.29, 0.717) is 5.65 Å². The van der Waals surface area contributed by atoms with E-state index in [-0.39, 0.29) is 18.0 Å². The summed E-state index contributed by atoms with van der Waals surface area (Å²) < 4.78 is 1.33. The summed E-state index contributed by atoms with van der Waals surface area (Å²) in [5.41, 5.74) is 0.0674. The van der Waals surface area contributed by atoms with Crippen molar-refractivity contribution in [2.45, 2.75) is 18.9 Å². The van der Waals surface area contributed by atoms with Gasteiger partial charge in [0.05, 0.1) is 6.10 Å². The van der Waals surface area contributed by atoms with E-state index in [9.17, 15) is 14.7 Å². The summed E-state index contributed by atoms with van der Waals surface area (Å²) in [5.74, 6) is -0.216. The minimum Gasteiger partial charge on any atom is -0.391 e. The smallest absolute Gasteiger partial charge is 0.270 e. The SMILES string of the molecule is O=C(NCC(O)C1CC1)c1cnc2ccccn2c1=O. The molecule has 1 atom stereocenters. The molecule has 0 aromatic carbocycles. The van der Waals surface area contributed by atoms with Crippen LogP contribution < -0.4 is 10.9 Å². The Morgan fingerprint density at radius 2 is 2.30 bits per heavy atom. The second-order valence-electron chi connectivity index (χ2n) is 5.02. The van der Waals surface area contributed by atoms with Crippen molar-refractivity contribution < 1.29 is 9.90 Å². The van der Waals surface area contributed by atoms with E-state index in [1.807, 2.05) is 0 Å². The second-order valence-corrected chi connectivity index (χ2v) is 5.02. The lowest BCUT2D eigenvalue weighted by molar-refractivity contribution is 0.0899. The van der Waals surface area contributed by atoms with E-state index in [1.54, 1.807) is 24.4 Å². The number of fused-ring (bicyclic) bond motifs is 1. The topological polar surface area (TPSA) is 83.7 Å². The lowest BCUT2D eigenvalue weighted by atomic mass is 10.2. The Bertz CT molecular complexity index is 706. The van der Waals surface area contributed by atoms with E-state index >= 15 is 0 Å². The molecule has 2 heterocycles. The van der Waals surface area contributed by atoms with Gasteiger partial charge in [0.1, 0.15) is 11.2 Å². The van der Waals surface area contributed by atoms with Gasteiger partial charge in [-0.25, -0.2) is 4.98 Å².